The van der Waals surface area contributed by atoms with Crippen LogP contribution in [-0.4, -0.2) is 45.5 Å². The molecular formula is C21H19N5O3. The van der Waals surface area contributed by atoms with Gasteiger partial charge in [0.25, 0.3) is 5.91 Å². The van der Waals surface area contributed by atoms with Crippen LogP contribution in [-0.2, 0) is 4.79 Å². The molecule has 2 aromatic carbocycles. The zero-order chi connectivity index (χ0) is 19.9. The molecule has 0 radical (unpaired) electrons. The fraction of sp³-hybridized carbons (Fsp3) is 0.143. The highest BCUT2D eigenvalue weighted by atomic mass is 16.5. The predicted octanol–water partition coefficient (Wildman–Crippen LogP) is 2.37. The molecule has 0 bridgehead atoms. The Kier molecular flexibility index (Phi) is 5.61. The van der Waals surface area contributed by atoms with Crippen molar-refractivity contribution in [2.24, 2.45) is 0 Å². The Morgan fingerprint density at radius 2 is 1.66 bits per heavy atom. The molecule has 0 aliphatic carbocycles. The van der Waals surface area contributed by atoms with Gasteiger partial charge >= 0.3 is 0 Å². The Morgan fingerprint density at radius 3 is 2.45 bits per heavy atom. The highest BCUT2D eigenvalue weighted by Gasteiger charge is 2.10. The number of rotatable bonds is 8. The fourth-order valence-corrected chi connectivity index (χ4v) is 2.68. The van der Waals surface area contributed by atoms with Crippen LogP contribution in [0.1, 0.15) is 0 Å². The van der Waals surface area contributed by atoms with E-state index in [1.807, 2.05) is 48.5 Å². The molecule has 8 heteroatoms. The first-order chi connectivity index (χ1) is 14.3. The normalized spacial score (nSPS) is 10.6. The van der Waals surface area contributed by atoms with Gasteiger partial charge in [-0.1, -0.05) is 48.5 Å². The van der Waals surface area contributed by atoms with Crippen LogP contribution >= 0.6 is 0 Å². The minimum Gasteiger partial charge on any atom is -0.484 e. The molecule has 0 aliphatic rings. The summed E-state index contributed by atoms with van der Waals surface area (Å²) in [7, 11) is 0. The summed E-state index contributed by atoms with van der Waals surface area (Å²) in [6, 6.07) is 22.4. The van der Waals surface area contributed by atoms with Crippen molar-refractivity contribution in [3.05, 3.63) is 72.8 Å². The van der Waals surface area contributed by atoms with E-state index in [1.54, 1.807) is 28.8 Å². The highest BCUT2D eigenvalue weighted by molar-refractivity contribution is 5.77. The van der Waals surface area contributed by atoms with Crippen LogP contribution in [0.3, 0.4) is 0 Å². The Bertz CT molecular complexity index is 1080. The number of nitrogens with zero attached hydrogens (tertiary/aromatic N) is 4. The number of carbonyl (C=O) groups is 1. The summed E-state index contributed by atoms with van der Waals surface area (Å²) in [5, 5.41) is 15.5. The Morgan fingerprint density at radius 1 is 0.897 bits per heavy atom. The van der Waals surface area contributed by atoms with Gasteiger partial charge in [0.1, 0.15) is 12.4 Å². The van der Waals surface area contributed by atoms with Crippen LogP contribution in [0.2, 0.25) is 0 Å². The van der Waals surface area contributed by atoms with Gasteiger partial charge in [-0.15, -0.1) is 15.3 Å². The van der Waals surface area contributed by atoms with E-state index in [4.69, 9.17) is 9.47 Å². The predicted molar refractivity (Wildman–Crippen MR) is 107 cm³/mol. The van der Waals surface area contributed by atoms with Crippen molar-refractivity contribution in [1.29, 1.82) is 0 Å². The minimum atomic E-state index is -0.217. The van der Waals surface area contributed by atoms with E-state index in [0.717, 1.165) is 5.56 Å². The molecule has 8 nitrogen and oxygen atoms in total. The number of ether oxygens (including phenoxy) is 2. The number of carbonyl (C=O) groups excluding carboxylic acids is 1. The van der Waals surface area contributed by atoms with E-state index in [1.165, 1.54) is 0 Å². The Hall–Kier alpha value is -3.94. The lowest BCUT2D eigenvalue weighted by atomic mass is 10.2. The first-order valence-electron chi connectivity index (χ1n) is 9.15. The van der Waals surface area contributed by atoms with Crippen LogP contribution in [0, 0.1) is 0 Å². The molecule has 4 rings (SSSR count). The molecule has 1 N–H and O–H groups in total. The molecule has 2 aromatic heterocycles. The summed E-state index contributed by atoms with van der Waals surface area (Å²) in [6.07, 6.45) is 0. The lowest BCUT2D eigenvalue weighted by molar-refractivity contribution is -0.123. The van der Waals surface area contributed by atoms with Crippen molar-refractivity contribution in [2.75, 3.05) is 19.8 Å². The molecule has 2 heterocycles. The van der Waals surface area contributed by atoms with Gasteiger partial charge in [0.15, 0.2) is 18.1 Å². The third-order valence-corrected chi connectivity index (χ3v) is 4.06. The molecule has 4 aromatic rings. The van der Waals surface area contributed by atoms with Gasteiger partial charge in [-0.2, -0.15) is 4.52 Å². The molecule has 146 valence electrons. The second-order valence-electron chi connectivity index (χ2n) is 6.13. The molecule has 1 amide bonds. The summed E-state index contributed by atoms with van der Waals surface area (Å²) in [5.74, 6) is 1.49. The zero-order valence-electron chi connectivity index (χ0n) is 15.6. The van der Waals surface area contributed by atoms with E-state index in [-0.39, 0.29) is 19.1 Å². The topological polar surface area (TPSA) is 90.6 Å². The Labute approximate surface area is 167 Å². The van der Waals surface area contributed by atoms with Crippen LogP contribution in [0.5, 0.6) is 11.6 Å². The maximum absolute atomic E-state index is 11.8. The molecule has 0 unspecified atom stereocenters. The van der Waals surface area contributed by atoms with Crippen molar-refractivity contribution in [3.63, 3.8) is 0 Å². The van der Waals surface area contributed by atoms with Crippen LogP contribution < -0.4 is 14.8 Å². The van der Waals surface area contributed by atoms with Crippen molar-refractivity contribution < 1.29 is 14.3 Å². The average molecular weight is 389 g/mol. The van der Waals surface area contributed by atoms with Crippen LogP contribution in [0.25, 0.3) is 17.0 Å². The van der Waals surface area contributed by atoms with E-state index in [2.05, 4.69) is 20.6 Å². The maximum Gasteiger partial charge on any atom is 0.258 e. The highest BCUT2D eigenvalue weighted by Crippen LogP contribution is 2.18. The summed E-state index contributed by atoms with van der Waals surface area (Å²) in [4.78, 5) is 11.8. The molecule has 29 heavy (non-hydrogen) atoms. The van der Waals surface area contributed by atoms with E-state index < -0.39 is 0 Å². The second kappa shape index (κ2) is 8.83. The molecule has 0 spiro atoms. The summed E-state index contributed by atoms with van der Waals surface area (Å²) in [5.41, 5.74) is 1.54. The maximum atomic E-state index is 11.8. The molecule has 0 aliphatic heterocycles. The minimum absolute atomic E-state index is 0.0463. The standard InChI is InChI=1S/C21H19N5O3/c27-19(15-29-17-9-5-2-6-10-17)22-13-14-28-20-12-11-18-23-24-21(26(18)25-20)16-7-3-1-4-8-16/h1-12H,13-15H2,(H,22,27). The lowest BCUT2D eigenvalue weighted by Crippen LogP contribution is -2.32. The fourth-order valence-electron chi connectivity index (χ4n) is 2.68. The van der Waals surface area contributed by atoms with Crippen molar-refractivity contribution >= 4 is 11.6 Å². The molecular weight excluding hydrogens is 370 g/mol. The largest absolute Gasteiger partial charge is 0.484 e. The van der Waals surface area contributed by atoms with Crippen LogP contribution in [0.4, 0.5) is 0 Å². The number of hydrogen-bond donors (Lipinski definition) is 1. The first kappa shape index (κ1) is 18.4. The van der Waals surface area contributed by atoms with Crippen molar-refractivity contribution in [3.8, 4) is 23.0 Å². The third kappa shape index (κ3) is 4.67. The molecule has 0 atom stereocenters. The van der Waals surface area contributed by atoms with Crippen LogP contribution in [0.15, 0.2) is 72.8 Å². The average Bonchev–Trinajstić information content (AvgIpc) is 3.20. The zero-order valence-corrected chi connectivity index (χ0v) is 15.6. The lowest BCUT2D eigenvalue weighted by Gasteiger charge is -2.08. The molecule has 0 saturated heterocycles. The summed E-state index contributed by atoms with van der Waals surface area (Å²) < 4.78 is 12.7. The number of nitrogens with one attached hydrogen (secondary N) is 1. The van der Waals surface area contributed by atoms with E-state index >= 15 is 0 Å². The number of benzene rings is 2. The number of para-hydroxylation sites is 1. The van der Waals surface area contributed by atoms with Gasteiger partial charge in [0.2, 0.25) is 5.88 Å². The first-order valence-corrected chi connectivity index (χ1v) is 9.15. The van der Waals surface area contributed by atoms with Gasteiger partial charge in [0, 0.05) is 11.6 Å². The van der Waals surface area contributed by atoms with Gasteiger partial charge in [-0.3, -0.25) is 4.79 Å². The summed E-state index contributed by atoms with van der Waals surface area (Å²) >= 11 is 0. The van der Waals surface area contributed by atoms with Gasteiger partial charge in [-0.25, -0.2) is 0 Å². The van der Waals surface area contributed by atoms with Gasteiger partial charge < -0.3 is 14.8 Å². The number of fused-ring (bicyclic) bond motifs is 1. The van der Waals surface area contributed by atoms with Gasteiger partial charge in [0.05, 0.1) is 6.54 Å². The van der Waals surface area contributed by atoms with E-state index in [9.17, 15) is 4.79 Å². The SMILES string of the molecule is O=C(COc1ccccc1)NCCOc1ccc2nnc(-c3ccccc3)n2n1. The quantitative estimate of drug-likeness (QED) is 0.465. The monoisotopic (exact) mass is 389 g/mol. The smallest absolute Gasteiger partial charge is 0.258 e. The number of amides is 1. The van der Waals surface area contributed by atoms with Crippen molar-refractivity contribution in [1.82, 2.24) is 25.1 Å². The van der Waals surface area contributed by atoms with Gasteiger partial charge in [-0.05, 0) is 18.2 Å². The number of hydrogen-bond acceptors (Lipinski definition) is 6. The van der Waals surface area contributed by atoms with Crippen molar-refractivity contribution in [2.45, 2.75) is 0 Å². The van der Waals surface area contributed by atoms with E-state index in [0.29, 0.717) is 29.6 Å². The Balaban J connectivity index is 1.29. The third-order valence-electron chi connectivity index (χ3n) is 4.06. The number of aromatic nitrogens is 4. The molecule has 0 saturated carbocycles. The second-order valence-corrected chi connectivity index (χ2v) is 6.13. The summed E-state index contributed by atoms with van der Waals surface area (Å²) in [6.45, 7) is 0.568. The molecule has 0 fully saturated rings.